The molecule has 0 unspecified atom stereocenters. The number of imidazole rings is 1. The minimum Gasteiger partial charge on any atom is -0.290 e. The molecule has 92 valence electrons. The Morgan fingerprint density at radius 2 is 1.89 bits per heavy atom. The number of fused-ring (bicyclic) bond motifs is 3. The van der Waals surface area contributed by atoms with Gasteiger partial charge in [0.05, 0.1) is 15.9 Å². The molecule has 0 amide bonds. The first-order chi connectivity index (χ1) is 9.31. The fourth-order valence-electron chi connectivity index (χ4n) is 2.24. The van der Waals surface area contributed by atoms with Crippen molar-refractivity contribution in [2.45, 2.75) is 4.90 Å². The van der Waals surface area contributed by atoms with Crippen molar-refractivity contribution in [3.05, 3.63) is 54.7 Å². The lowest BCUT2D eigenvalue weighted by Gasteiger charge is -1.94. The van der Waals surface area contributed by atoms with Gasteiger partial charge in [-0.25, -0.2) is 4.98 Å². The maximum absolute atomic E-state index is 4.71. The highest BCUT2D eigenvalue weighted by Gasteiger charge is 2.09. The van der Waals surface area contributed by atoms with Gasteiger partial charge in [0.2, 0.25) is 0 Å². The predicted molar refractivity (Wildman–Crippen MR) is 83.3 cm³/mol. The van der Waals surface area contributed by atoms with Gasteiger partial charge in [0.15, 0.2) is 4.96 Å². The van der Waals surface area contributed by atoms with Crippen molar-refractivity contribution < 1.29 is 0 Å². The molecular weight excluding hydrogens is 272 g/mol. The molecule has 0 spiro atoms. The summed E-state index contributed by atoms with van der Waals surface area (Å²) < 4.78 is 3.37. The summed E-state index contributed by atoms with van der Waals surface area (Å²) in [5, 5.41) is 0. The van der Waals surface area contributed by atoms with E-state index in [1.54, 1.807) is 11.3 Å². The van der Waals surface area contributed by atoms with E-state index < -0.39 is 0 Å². The number of benzene rings is 2. The van der Waals surface area contributed by atoms with Crippen LogP contribution in [0.15, 0.2) is 59.6 Å². The highest BCUT2D eigenvalue weighted by atomic mass is 32.1. The van der Waals surface area contributed by atoms with Crippen LogP contribution in [0, 0.1) is 0 Å². The van der Waals surface area contributed by atoms with Gasteiger partial charge in [0.1, 0.15) is 0 Å². The first kappa shape index (κ1) is 11.1. The van der Waals surface area contributed by atoms with Gasteiger partial charge in [0.25, 0.3) is 0 Å². The zero-order chi connectivity index (χ0) is 12.8. The molecule has 0 atom stereocenters. The van der Waals surface area contributed by atoms with Crippen molar-refractivity contribution in [2.24, 2.45) is 0 Å². The summed E-state index contributed by atoms with van der Waals surface area (Å²) >= 11 is 6.07. The first-order valence-electron chi connectivity index (χ1n) is 5.97. The molecular formula is C15H10N2S2. The van der Waals surface area contributed by atoms with Crippen LogP contribution < -0.4 is 0 Å². The maximum atomic E-state index is 4.71. The first-order valence-corrected chi connectivity index (χ1v) is 7.24. The minimum absolute atomic E-state index is 0.986. The Kier molecular flexibility index (Phi) is 2.40. The molecule has 4 rings (SSSR count). The number of hydrogen-bond acceptors (Lipinski definition) is 3. The van der Waals surface area contributed by atoms with E-state index in [2.05, 4.69) is 47.5 Å². The van der Waals surface area contributed by atoms with Crippen LogP contribution in [0.25, 0.3) is 26.4 Å². The fraction of sp³-hybridized carbons (Fsp3) is 0. The van der Waals surface area contributed by atoms with Crippen LogP contribution in [-0.2, 0) is 0 Å². The van der Waals surface area contributed by atoms with Crippen LogP contribution in [0.2, 0.25) is 0 Å². The lowest BCUT2D eigenvalue weighted by Crippen LogP contribution is -1.77. The van der Waals surface area contributed by atoms with Gasteiger partial charge in [-0.15, -0.1) is 12.6 Å². The van der Waals surface area contributed by atoms with E-state index in [0.717, 1.165) is 21.1 Å². The van der Waals surface area contributed by atoms with Crippen LogP contribution in [0.4, 0.5) is 0 Å². The molecule has 2 aromatic carbocycles. The molecule has 0 saturated heterocycles. The number of nitrogens with zero attached hydrogens (tertiary/aromatic N) is 2. The summed E-state index contributed by atoms with van der Waals surface area (Å²) in [6.45, 7) is 0. The van der Waals surface area contributed by atoms with Crippen molar-refractivity contribution in [2.75, 3.05) is 0 Å². The van der Waals surface area contributed by atoms with Crippen LogP contribution in [0.1, 0.15) is 0 Å². The summed E-state index contributed by atoms with van der Waals surface area (Å²) in [6, 6.07) is 16.5. The molecule has 0 fully saturated rings. The van der Waals surface area contributed by atoms with Crippen molar-refractivity contribution in [3.8, 4) is 11.3 Å². The zero-order valence-electron chi connectivity index (χ0n) is 9.95. The number of rotatable bonds is 1. The van der Waals surface area contributed by atoms with Gasteiger partial charge in [-0.2, -0.15) is 0 Å². The Labute approximate surface area is 119 Å². The smallest absolute Gasteiger partial charge is 0.195 e. The molecule has 0 aliphatic carbocycles. The largest absolute Gasteiger partial charge is 0.290 e. The Hall–Kier alpha value is -1.78. The third-order valence-electron chi connectivity index (χ3n) is 3.15. The maximum Gasteiger partial charge on any atom is 0.195 e. The minimum atomic E-state index is 0.986. The molecule has 0 radical (unpaired) electrons. The second-order valence-corrected chi connectivity index (χ2v) is 5.92. The van der Waals surface area contributed by atoms with Gasteiger partial charge >= 0.3 is 0 Å². The summed E-state index contributed by atoms with van der Waals surface area (Å²) in [5.41, 5.74) is 3.36. The standard InChI is InChI=1S/C15H10N2S2/c18-11-6-7-13-14(8-11)19-15-16-12(9-17(13)15)10-4-2-1-3-5-10/h1-9,18H. The molecule has 0 aliphatic rings. The quantitative estimate of drug-likeness (QED) is 0.509. The molecule has 0 N–H and O–H groups in total. The van der Waals surface area contributed by atoms with Crippen LogP contribution >= 0.6 is 24.0 Å². The SMILES string of the molecule is Sc1ccc2c(c1)sc1nc(-c3ccccc3)cn12. The molecule has 0 saturated carbocycles. The van der Waals surface area contributed by atoms with Crippen LogP contribution in [-0.4, -0.2) is 9.38 Å². The third-order valence-corrected chi connectivity index (χ3v) is 4.44. The van der Waals surface area contributed by atoms with E-state index in [9.17, 15) is 0 Å². The topological polar surface area (TPSA) is 17.3 Å². The van der Waals surface area contributed by atoms with Crippen LogP contribution in [0.5, 0.6) is 0 Å². The normalized spacial score (nSPS) is 11.4. The Morgan fingerprint density at radius 1 is 1.05 bits per heavy atom. The Morgan fingerprint density at radius 3 is 2.74 bits per heavy atom. The molecule has 0 bridgehead atoms. The lowest BCUT2D eigenvalue weighted by molar-refractivity contribution is 1.29. The molecule has 2 heterocycles. The van der Waals surface area contributed by atoms with E-state index in [1.165, 1.54) is 10.2 Å². The molecule has 2 nitrogen and oxygen atoms in total. The van der Waals surface area contributed by atoms with Crippen molar-refractivity contribution in [1.82, 2.24) is 9.38 Å². The average molecular weight is 282 g/mol. The predicted octanol–water partition coefficient (Wildman–Crippen LogP) is 4.50. The van der Waals surface area contributed by atoms with Gasteiger partial charge in [-0.1, -0.05) is 41.7 Å². The number of hydrogen-bond donors (Lipinski definition) is 1. The number of aromatic nitrogens is 2. The summed E-state index contributed by atoms with van der Waals surface area (Å²) in [6.07, 6.45) is 2.10. The van der Waals surface area contributed by atoms with Crippen molar-refractivity contribution in [1.29, 1.82) is 0 Å². The van der Waals surface area contributed by atoms with E-state index in [-0.39, 0.29) is 0 Å². The van der Waals surface area contributed by atoms with E-state index >= 15 is 0 Å². The monoisotopic (exact) mass is 282 g/mol. The summed E-state index contributed by atoms with van der Waals surface area (Å²) in [5.74, 6) is 0. The number of thiazole rings is 1. The molecule has 0 aliphatic heterocycles. The molecule has 4 heteroatoms. The summed E-state index contributed by atoms with van der Waals surface area (Å²) in [4.78, 5) is 6.71. The Balaban J connectivity index is 1.98. The van der Waals surface area contributed by atoms with Gasteiger partial charge in [-0.05, 0) is 18.2 Å². The van der Waals surface area contributed by atoms with Crippen LogP contribution in [0.3, 0.4) is 0 Å². The molecule has 2 aromatic heterocycles. The Bertz CT molecular complexity index is 875. The van der Waals surface area contributed by atoms with Crippen molar-refractivity contribution in [3.63, 3.8) is 0 Å². The van der Waals surface area contributed by atoms with E-state index in [1.807, 2.05) is 24.3 Å². The second-order valence-electron chi connectivity index (χ2n) is 4.40. The zero-order valence-corrected chi connectivity index (χ0v) is 11.7. The van der Waals surface area contributed by atoms with Gasteiger partial charge in [0, 0.05) is 16.7 Å². The average Bonchev–Trinajstić information content (AvgIpc) is 2.96. The summed E-state index contributed by atoms with van der Waals surface area (Å²) in [7, 11) is 0. The van der Waals surface area contributed by atoms with E-state index in [4.69, 9.17) is 4.98 Å². The third kappa shape index (κ3) is 1.76. The fourth-order valence-corrected chi connectivity index (χ4v) is 3.58. The second kappa shape index (κ2) is 4.11. The van der Waals surface area contributed by atoms with Gasteiger partial charge in [-0.3, -0.25) is 4.40 Å². The highest BCUT2D eigenvalue weighted by molar-refractivity contribution is 7.80. The van der Waals surface area contributed by atoms with E-state index in [0.29, 0.717) is 0 Å². The molecule has 19 heavy (non-hydrogen) atoms. The van der Waals surface area contributed by atoms with Crippen molar-refractivity contribution >= 4 is 39.1 Å². The highest BCUT2D eigenvalue weighted by Crippen LogP contribution is 2.30. The number of thiol groups is 1. The van der Waals surface area contributed by atoms with Gasteiger partial charge < -0.3 is 0 Å². The molecule has 4 aromatic rings. The lowest BCUT2D eigenvalue weighted by atomic mass is 10.2.